The van der Waals surface area contributed by atoms with Crippen LogP contribution in [0.25, 0.3) is 0 Å². The lowest BCUT2D eigenvalue weighted by atomic mass is 9.74. The van der Waals surface area contributed by atoms with E-state index in [0.717, 1.165) is 18.5 Å². The maximum atomic E-state index is 13.2. The lowest BCUT2D eigenvalue weighted by Crippen LogP contribution is -2.60. The Morgan fingerprint density at radius 2 is 1.73 bits per heavy atom. The molecule has 1 aromatic carbocycles. The third kappa shape index (κ3) is 3.76. The molecule has 0 radical (unpaired) electrons. The molecule has 3 atom stereocenters. The van der Waals surface area contributed by atoms with Gasteiger partial charge in [0.25, 0.3) is 0 Å². The number of rotatable bonds is 3. The molecule has 2 aliphatic heterocycles. The summed E-state index contributed by atoms with van der Waals surface area (Å²) in [5, 5.41) is 1.07. The molecule has 1 amide bonds. The number of hydrogen-bond acceptors (Lipinski definition) is 2. The van der Waals surface area contributed by atoms with Crippen molar-refractivity contribution in [2.75, 3.05) is 19.6 Å². The Morgan fingerprint density at radius 1 is 0.962 bits per heavy atom. The molecule has 1 aliphatic carbocycles. The molecule has 0 aromatic heterocycles. The lowest BCUT2D eigenvalue weighted by molar-refractivity contribution is -0.139. The van der Waals surface area contributed by atoms with E-state index >= 15 is 0 Å². The van der Waals surface area contributed by atoms with Gasteiger partial charge in [0.2, 0.25) is 5.91 Å². The Balaban J connectivity index is 1.52. The van der Waals surface area contributed by atoms with Crippen molar-refractivity contribution >= 4 is 29.1 Å². The first kappa shape index (κ1) is 18.6. The predicted octanol–water partition coefficient (Wildman–Crippen LogP) is 4.79. The van der Waals surface area contributed by atoms with Gasteiger partial charge in [-0.15, -0.1) is 0 Å². The highest BCUT2D eigenvalue weighted by Gasteiger charge is 2.43. The molecule has 2 heterocycles. The molecule has 1 saturated carbocycles. The number of halogens is 2. The third-order valence-electron chi connectivity index (χ3n) is 6.56. The zero-order valence-electron chi connectivity index (χ0n) is 15.3. The summed E-state index contributed by atoms with van der Waals surface area (Å²) in [4.78, 5) is 18.1. The van der Waals surface area contributed by atoms with E-state index in [-0.39, 0.29) is 5.91 Å². The average molecular weight is 395 g/mol. The van der Waals surface area contributed by atoms with Crippen LogP contribution < -0.4 is 0 Å². The van der Waals surface area contributed by atoms with Crippen molar-refractivity contribution in [3.63, 3.8) is 0 Å². The average Bonchev–Trinajstić information content (AvgIpc) is 3.18. The minimum absolute atomic E-state index is 0.254. The van der Waals surface area contributed by atoms with Gasteiger partial charge in [-0.05, 0) is 75.2 Å². The SMILES string of the molecule is O=C(Cc1ccc(Cl)c(Cl)c1)N1CCC[C@H]2CCC[C@H](N3CCCC3)[C@H]21. The lowest BCUT2D eigenvalue weighted by Gasteiger charge is -2.51. The van der Waals surface area contributed by atoms with Crippen LogP contribution in [0.2, 0.25) is 10.0 Å². The number of benzene rings is 1. The smallest absolute Gasteiger partial charge is 0.227 e. The number of likely N-dealkylation sites (tertiary alicyclic amines) is 2. The van der Waals surface area contributed by atoms with Gasteiger partial charge in [0, 0.05) is 12.6 Å². The second-order valence-corrected chi connectivity index (χ2v) is 8.96. The van der Waals surface area contributed by atoms with Gasteiger partial charge in [-0.2, -0.15) is 0 Å². The van der Waals surface area contributed by atoms with E-state index in [4.69, 9.17) is 23.2 Å². The Bertz CT molecular complexity index is 657. The zero-order chi connectivity index (χ0) is 18.1. The van der Waals surface area contributed by atoms with Crippen molar-refractivity contribution in [2.45, 2.75) is 63.5 Å². The van der Waals surface area contributed by atoms with Crippen LogP contribution in [0.1, 0.15) is 50.5 Å². The highest BCUT2D eigenvalue weighted by molar-refractivity contribution is 6.42. The van der Waals surface area contributed by atoms with Crippen LogP contribution in [0, 0.1) is 5.92 Å². The first-order chi connectivity index (χ1) is 12.6. The van der Waals surface area contributed by atoms with Gasteiger partial charge in [-0.3, -0.25) is 9.69 Å². The fourth-order valence-electron chi connectivity index (χ4n) is 5.38. The minimum Gasteiger partial charge on any atom is -0.338 e. The van der Waals surface area contributed by atoms with E-state index in [9.17, 15) is 4.79 Å². The number of piperidine rings is 1. The van der Waals surface area contributed by atoms with Crippen molar-refractivity contribution < 1.29 is 4.79 Å². The van der Waals surface area contributed by atoms with E-state index in [1.54, 1.807) is 6.07 Å². The second-order valence-electron chi connectivity index (χ2n) is 8.15. The van der Waals surface area contributed by atoms with Gasteiger partial charge >= 0.3 is 0 Å². The molecule has 4 rings (SSSR count). The summed E-state index contributed by atoms with van der Waals surface area (Å²) in [7, 11) is 0. The Kier molecular flexibility index (Phi) is 5.78. The van der Waals surface area contributed by atoms with E-state index in [1.807, 2.05) is 12.1 Å². The predicted molar refractivity (Wildman–Crippen MR) is 107 cm³/mol. The molecule has 26 heavy (non-hydrogen) atoms. The first-order valence-electron chi connectivity index (χ1n) is 10.1. The van der Waals surface area contributed by atoms with Crippen LogP contribution in [0.15, 0.2) is 18.2 Å². The number of fused-ring (bicyclic) bond motifs is 1. The van der Waals surface area contributed by atoms with Crippen LogP contribution in [0.5, 0.6) is 0 Å². The van der Waals surface area contributed by atoms with Crippen LogP contribution in [-0.4, -0.2) is 47.4 Å². The molecule has 142 valence electrons. The summed E-state index contributed by atoms with van der Waals surface area (Å²) < 4.78 is 0. The number of carbonyl (C=O) groups is 1. The Hall–Kier alpha value is -0.770. The fraction of sp³-hybridized carbons (Fsp3) is 0.667. The van der Waals surface area contributed by atoms with Crippen LogP contribution in [0.4, 0.5) is 0 Å². The van der Waals surface area contributed by atoms with Gasteiger partial charge in [-0.1, -0.05) is 35.7 Å². The molecule has 0 spiro atoms. The normalized spacial score (nSPS) is 29.6. The summed E-state index contributed by atoms with van der Waals surface area (Å²) in [6.07, 6.45) is 9.32. The van der Waals surface area contributed by atoms with Gasteiger partial charge in [0.1, 0.15) is 0 Å². The van der Waals surface area contributed by atoms with Crippen molar-refractivity contribution in [1.29, 1.82) is 0 Å². The van der Waals surface area contributed by atoms with Crippen LogP contribution in [-0.2, 0) is 11.2 Å². The molecule has 1 aromatic rings. The molecular weight excluding hydrogens is 367 g/mol. The van der Waals surface area contributed by atoms with Crippen molar-refractivity contribution in [3.05, 3.63) is 33.8 Å². The quantitative estimate of drug-likeness (QED) is 0.735. The van der Waals surface area contributed by atoms with Gasteiger partial charge < -0.3 is 4.90 Å². The molecule has 0 unspecified atom stereocenters. The highest BCUT2D eigenvalue weighted by Crippen LogP contribution is 2.39. The summed E-state index contributed by atoms with van der Waals surface area (Å²) in [5.74, 6) is 0.935. The Labute approximate surface area is 166 Å². The number of hydrogen-bond donors (Lipinski definition) is 0. The Morgan fingerprint density at radius 3 is 2.50 bits per heavy atom. The number of amides is 1. The minimum atomic E-state index is 0.254. The summed E-state index contributed by atoms with van der Waals surface area (Å²) >= 11 is 12.2. The van der Waals surface area contributed by atoms with Crippen molar-refractivity contribution in [1.82, 2.24) is 9.80 Å². The molecule has 3 fully saturated rings. The maximum absolute atomic E-state index is 13.2. The molecule has 5 heteroatoms. The van der Waals surface area contributed by atoms with Gasteiger partial charge in [0.15, 0.2) is 0 Å². The third-order valence-corrected chi connectivity index (χ3v) is 7.29. The molecule has 3 nitrogen and oxygen atoms in total. The fourth-order valence-corrected chi connectivity index (χ4v) is 5.70. The largest absolute Gasteiger partial charge is 0.338 e. The van der Waals surface area contributed by atoms with Crippen LogP contribution >= 0.6 is 23.2 Å². The van der Waals surface area contributed by atoms with E-state index < -0.39 is 0 Å². The first-order valence-corrected chi connectivity index (χ1v) is 10.9. The zero-order valence-corrected chi connectivity index (χ0v) is 16.8. The van der Waals surface area contributed by atoms with Gasteiger partial charge in [-0.25, -0.2) is 0 Å². The number of nitrogens with zero attached hydrogens (tertiary/aromatic N) is 2. The van der Waals surface area contributed by atoms with E-state index in [1.165, 1.54) is 51.6 Å². The summed E-state index contributed by atoms with van der Waals surface area (Å²) in [6.45, 7) is 3.33. The van der Waals surface area contributed by atoms with Crippen molar-refractivity contribution in [3.8, 4) is 0 Å². The molecule has 0 bridgehead atoms. The van der Waals surface area contributed by atoms with Crippen molar-refractivity contribution in [2.24, 2.45) is 5.92 Å². The van der Waals surface area contributed by atoms with E-state index in [0.29, 0.717) is 34.5 Å². The van der Waals surface area contributed by atoms with Crippen LogP contribution in [0.3, 0.4) is 0 Å². The molecule has 0 N–H and O–H groups in total. The maximum Gasteiger partial charge on any atom is 0.227 e. The monoisotopic (exact) mass is 394 g/mol. The summed E-state index contributed by atoms with van der Waals surface area (Å²) in [5.41, 5.74) is 0.958. The standard InChI is InChI=1S/C21H28Cl2N2O/c22-17-9-8-15(13-18(17)23)14-20(26)25-12-4-6-16-5-3-7-19(21(16)25)24-10-1-2-11-24/h8-9,13,16,19,21H,1-7,10-12,14H2/t16-,19+,21+/m1/s1. The topological polar surface area (TPSA) is 23.6 Å². The van der Waals surface area contributed by atoms with Gasteiger partial charge in [0.05, 0.1) is 22.5 Å². The van der Waals surface area contributed by atoms with E-state index in [2.05, 4.69) is 9.80 Å². The second kappa shape index (κ2) is 8.08. The molecular formula is C21H28Cl2N2O. The summed E-state index contributed by atoms with van der Waals surface area (Å²) in [6, 6.07) is 6.52. The highest BCUT2D eigenvalue weighted by atomic mass is 35.5. The molecule has 3 aliphatic rings. The number of carbonyl (C=O) groups excluding carboxylic acids is 1. The molecule has 2 saturated heterocycles.